The standard InChI is InChI=1S/C43H27N5/c1-45-35-20-6-10-24-41(35)48-40-23-9-5-15-30(40)32-17-12-19-34(43(32)48)38-26-25-37(46(38)2)33-18-11-16-31-29-14-4-8-22-39(29)47(42(31)33)36-21-7-3-13-28(36)27-44/h3-26H,2H3. The molecule has 0 bridgehead atoms. The lowest BCUT2D eigenvalue weighted by molar-refractivity contribution is 0.946. The van der Waals surface area contributed by atoms with Crippen LogP contribution in [0.15, 0.2) is 146 Å². The normalized spacial score (nSPS) is 11.4. The van der Waals surface area contributed by atoms with Gasteiger partial charge in [-0.05, 0) is 42.5 Å². The second kappa shape index (κ2) is 10.6. The summed E-state index contributed by atoms with van der Waals surface area (Å²) in [7, 11) is 2.12. The molecule has 0 unspecified atom stereocenters. The molecule has 9 aromatic rings. The summed E-state index contributed by atoms with van der Waals surface area (Å²) in [4.78, 5) is 3.90. The zero-order chi connectivity index (χ0) is 32.4. The molecule has 9 rings (SSSR count). The van der Waals surface area contributed by atoms with E-state index in [9.17, 15) is 5.26 Å². The molecule has 0 saturated heterocycles. The van der Waals surface area contributed by atoms with E-state index in [2.05, 4.69) is 129 Å². The van der Waals surface area contributed by atoms with Crippen molar-refractivity contribution in [3.8, 4) is 40.0 Å². The Morgan fingerprint density at radius 1 is 0.521 bits per heavy atom. The van der Waals surface area contributed by atoms with Crippen LogP contribution in [0.2, 0.25) is 0 Å². The van der Waals surface area contributed by atoms with E-state index in [4.69, 9.17) is 6.57 Å². The third kappa shape index (κ3) is 3.83. The van der Waals surface area contributed by atoms with Gasteiger partial charge in [-0.1, -0.05) is 103 Å². The van der Waals surface area contributed by atoms with Gasteiger partial charge >= 0.3 is 0 Å². The van der Waals surface area contributed by atoms with Gasteiger partial charge in [0.05, 0.1) is 57.0 Å². The van der Waals surface area contributed by atoms with Crippen molar-refractivity contribution in [1.82, 2.24) is 13.7 Å². The third-order valence-electron chi connectivity index (χ3n) is 9.57. The quantitative estimate of drug-likeness (QED) is 0.182. The van der Waals surface area contributed by atoms with Crippen LogP contribution in [-0.2, 0) is 7.05 Å². The minimum absolute atomic E-state index is 0.611. The Morgan fingerprint density at radius 2 is 1.00 bits per heavy atom. The second-order valence-corrected chi connectivity index (χ2v) is 12.0. The minimum atomic E-state index is 0.611. The fraction of sp³-hybridized carbons (Fsp3) is 0.0233. The Balaban J connectivity index is 1.34. The molecule has 0 spiro atoms. The maximum Gasteiger partial charge on any atom is 0.210 e. The molecule has 0 atom stereocenters. The van der Waals surface area contributed by atoms with Gasteiger partial charge in [-0.15, -0.1) is 0 Å². The van der Waals surface area contributed by atoms with E-state index in [-0.39, 0.29) is 0 Å². The SMILES string of the molecule is [C-]#[N+]c1ccccc1-n1c2ccccc2c2cccc(-c3ccc(-c4cccc5c6ccccc6n(-c6ccccc6C#N)c45)n3C)c21. The van der Waals surface area contributed by atoms with E-state index in [1.165, 1.54) is 0 Å². The summed E-state index contributed by atoms with van der Waals surface area (Å²) in [5.74, 6) is 0. The third-order valence-corrected chi connectivity index (χ3v) is 9.57. The molecule has 5 nitrogen and oxygen atoms in total. The van der Waals surface area contributed by atoms with Crippen LogP contribution in [0.5, 0.6) is 0 Å². The van der Waals surface area contributed by atoms with Crippen LogP contribution < -0.4 is 0 Å². The molecule has 0 aliphatic heterocycles. The highest BCUT2D eigenvalue weighted by Gasteiger charge is 2.22. The number of para-hydroxylation sites is 7. The van der Waals surface area contributed by atoms with Gasteiger partial charge in [-0.25, -0.2) is 4.85 Å². The number of rotatable bonds is 4. The monoisotopic (exact) mass is 613 g/mol. The van der Waals surface area contributed by atoms with Crippen LogP contribution in [0.25, 0.3) is 82.3 Å². The second-order valence-electron chi connectivity index (χ2n) is 12.0. The van der Waals surface area contributed by atoms with Crippen molar-refractivity contribution in [3.05, 3.63) is 163 Å². The molecule has 0 aliphatic carbocycles. The van der Waals surface area contributed by atoms with Crippen molar-refractivity contribution in [1.29, 1.82) is 5.26 Å². The lowest BCUT2D eigenvalue weighted by Crippen LogP contribution is -2.01. The van der Waals surface area contributed by atoms with Gasteiger partial charge in [0.2, 0.25) is 5.69 Å². The summed E-state index contributed by atoms with van der Waals surface area (Å²) in [6.07, 6.45) is 0. The number of fused-ring (bicyclic) bond motifs is 6. The van der Waals surface area contributed by atoms with Crippen molar-refractivity contribution >= 4 is 49.3 Å². The van der Waals surface area contributed by atoms with Crippen molar-refractivity contribution in [2.24, 2.45) is 7.05 Å². The Bertz CT molecular complexity index is 2640. The Labute approximate surface area is 277 Å². The maximum atomic E-state index is 10.1. The molecule has 48 heavy (non-hydrogen) atoms. The molecule has 0 fully saturated rings. The number of nitriles is 1. The average Bonchev–Trinajstić information content (AvgIpc) is 3.81. The van der Waals surface area contributed by atoms with Crippen LogP contribution in [0.1, 0.15) is 5.56 Å². The molecule has 224 valence electrons. The largest absolute Gasteiger partial charge is 0.344 e. The molecule has 3 aromatic heterocycles. The van der Waals surface area contributed by atoms with Crippen LogP contribution in [0, 0.1) is 17.9 Å². The van der Waals surface area contributed by atoms with Crippen molar-refractivity contribution < 1.29 is 0 Å². The summed E-state index contributed by atoms with van der Waals surface area (Å²) in [5.41, 5.74) is 11.5. The van der Waals surface area contributed by atoms with Crippen molar-refractivity contribution in [2.45, 2.75) is 0 Å². The number of benzene rings is 6. The van der Waals surface area contributed by atoms with E-state index < -0.39 is 0 Å². The van der Waals surface area contributed by atoms with E-state index in [1.54, 1.807) is 0 Å². The van der Waals surface area contributed by atoms with Crippen LogP contribution in [-0.4, -0.2) is 13.7 Å². The van der Waals surface area contributed by atoms with Crippen molar-refractivity contribution in [3.63, 3.8) is 0 Å². The van der Waals surface area contributed by atoms with Crippen molar-refractivity contribution in [2.75, 3.05) is 0 Å². The predicted molar refractivity (Wildman–Crippen MR) is 196 cm³/mol. The van der Waals surface area contributed by atoms with E-state index >= 15 is 0 Å². The lowest BCUT2D eigenvalue weighted by Gasteiger charge is -2.16. The van der Waals surface area contributed by atoms with Crippen LogP contribution in [0.4, 0.5) is 5.69 Å². The Morgan fingerprint density at radius 3 is 1.58 bits per heavy atom. The van der Waals surface area contributed by atoms with E-state index in [0.717, 1.165) is 77.5 Å². The Hall–Kier alpha value is -6.82. The molecule has 0 aliphatic rings. The smallest absolute Gasteiger partial charge is 0.210 e. The van der Waals surface area contributed by atoms with Gasteiger partial charge in [0.15, 0.2) is 0 Å². The molecule has 3 heterocycles. The fourth-order valence-electron chi connectivity index (χ4n) is 7.51. The van der Waals surface area contributed by atoms with Crippen LogP contribution in [0.3, 0.4) is 0 Å². The summed E-state index contributed by atoms with van der Waals surface area (Å²) in [6.45, 7) is 7.95. The molecule has 0 N–H and O–H groups in total. The fourth-order valence-corrected chi connectivity index (χ4v) is 7.51. The number of nitrogens with zero attached hydrogens (tertiary/aromatic N) is 5. The van der Waals surface area contributed by atoms with E-state index in [0.29, 0.717) is 11.3 Å². The van der Waals surface area contributed by atoms with E-state index in [1.807, 2.05) is 48.5 Å². The van der Waals surface area contributed by atoms with Gasteiger partial charge in [0, 0.05) is 39.7 Å². The maximum absolute atomic E-state index is 10.1. The molecule has 5 heteroatoms. The van der Waals surface area contributed by atoms with Gasteiger partial charge in [-0.2, -0.15) is 5.26 Å². The zero-order valence-electron chi connectivity index (χ0n) is 26.1. The summed E-state index contributed by atoms with van der Waals surface area (Å²) < 4.78 is 6.76. The van der Waals surface area contributed by atoms with Gasteiger partial charge < -0.3 is 13.7 Å². The molecular formula is C43H27N5. The van der Waals surface area contributed by atoms with Gasteiger partial charge in [-0.3, -0.25) is 0 Å². The lowest BCUT2D eigenvalue weighted by atomic mass is 10.1. The summed E-state index contributed by atoms with van der Waals surface area (Å²) >= 11 is 0. The molecule has 0 radical (unpaired) electrons. The number of hydrogen-bond acceptors (Lipinski definition) is 1. The highest BCUT2D eigenvalue weighted by atomic mass is 15.0. The zero-order valence-corrected chi connectivity index (χ0v) is 26.1. The average molecular weight is 614 g/mol. The topological polar surface area (TPSA) is 42.9 Å². The highest BCUT2D eigenvalue weighted by molar-refractivity contribution is 6.15. The Kier molecular flexibility index (Phi) is 6.09. The van der Waals surface area contributed by atoms with Crippen LogP contribution >= 0.6 is 0 Å². The molecule has 0 amide bonds. The minimum Gasteiger partial charge on any atom is -0.344 e. The number of aromatic nitrogens is 3. The van der Waals surface area contributed by atoms with Gasteiger partial charge in [0.1, 0.15) is 6.07 Å². The molecular weight excluding hydrogens is 587 g/mol. The molecule has 6 aromatic carbocycles. The highest BCUT2D eigenvalue weighted by Crippen LogP contribution is 2.43. The predicted octanol–water partition coefficient (Wildman–Crippen LogP) is 11.0. The summed E-state index contributed by atoms with van der Waals surface area (Å²) in [6, 6.07) is 52.2. The number of hydrogen-bond donors (Lipinski definition) is 0. The van der Waals surface area contributed by atoms with Gasteiger partial charge in [0.25, 0.3) is 0 Å². The first-order chi connectivity index (χ1) is 23.7. The first-order valence-electron chi connectivity index (χ1n) is 15.9. The first kappa shape index (κ1) is 27.5. The summed E-state index contributed by atoms with van der Waals surface area (Å²) in [5, 5.41) is 14.7. The first-order valence-corrected chi connectivity index (χ1v) is 15.9. The molecule has 0 saturated carbocycles.